The summed E-state index contributed by atoms with van der Waals surface area (Å²) in [5.41, 5.74) is 2.07. The first-order chi connectivity index (χ1) is 15.0. The highest BCUT2D eigenvalue weighted by atomic mass is 35.5. The van der Waals surface area contributed by atoms with Crippen molar-refractivity contribution in [3.63, 3.8) is 0 Å². The van der Waals surface area contributed by atoms with E-state index < -0.39 is 4.92 Å². The number of rotatable bonds is 7. The minimum Gasteiger partial charge on any atom is -0.301 e. The molecule has 1 amide bonds. The van der Waals surface area contributed by atoms with Crippen molar-refractivity contribution in [2.45, 2.75) is 5.16 Å². The SMILES string of the molecule is O=C(CSc1nnnn1-c1ccc(Cl)cc1)Nc1nc(-c2ccc([N+](=O)[O-])cc2)cs1. The molecule has 0 aliphatic rings. The Labute approximate surface area is 188 Å². The predicted octanol–water partition coefficient (Wildman–Crippen LogP) is 4.08. The zero-order chi connectivity index (χ0) is 21.8. The van der Waals surface area contributed by atoms with Crippen LogP contribution in [0.4, 0.5) is 10.8 Å². The Balaban J connectivity index is 1.37. The van der Waals surface area contributed by atoms with Crippen molar-refractivity contribution < 1.29 is 9.72 Å². The van der Waals surface area contributed by atoms with Gasteiger partial charge in [-0.1, -0.05) is 23.4 Å². The van der Waals surface area contributed by atoms with Gasteiger partial charge in [-0.25, -0.2) is 4.98 Å². The van der Waals surface area contributed by atoms with Gasteiger partial charge in [0, 0.05) is 28.1 Å². The lowest BCUT2D eigenvalue weighted by molar-refractivity contribution is -0.384. The first-order valence-corrected chi connectivity index (χ1v) is 10.9. The molecule has 31 heavy (non-hydrogen) atoms. The standard InChI is InChI=1S/C18H12ClN7O3S2/c19-12-3-7-13(8-4-12)25-18(22-23-24-25)31-10-16(27)21-17-20-15(9-30-17)11-1-5-14(6-2-11)26(28)29/h1-9H,10H2,(H,20,21,27). The Kier molecular flexibility index (Phi) is 6.21. The number of anilines is 1. The Morgan fingerprint density at radius 3 is 2.65 bits per heavy atom. The molecule has 0 aliphatic heterocycles. The van der Waals surface area contributed by atoms with E-state index in [0.717, 1.165) is 11.3 Å². The lowest BCUT2D eigenvalue weighted by Gasteiger charge is -2.04. The van der Waals surface area contributed by atoms with E-state index in [-0.39, 0.29) is 17.3 Å². The van der Waals surface area contributed by atoms with Crippen LogP contribution < -0.4 is 5.32 Å². The van der Waals surface area contributed by atoms with Crippen LogP contribution in [0.1, 0.15) is 0 Å². The number of aromatic nitrogens is 5. The monoisotopic (exact) mass is 473 g/mol. The highest BCUT2D eigenvalue weighted by Crippen LogP contribution is 2.27. The fraction of sp³-hybridized carbons (Fsp3) is 0.0556. The van der Waals surface area contributed by atoms with Crippen LogP contribution >= 0.6 is 34.7 Å². The summed E-state index contributed by atoms with van der Waals surface area (Å²) < 4.78 is 1.52. The van der Waals surface area contributed by atoms with E-state index in [2.05, 4.69) is 25.8 Å². The second kappa shape index (κ2) is 9.20. The number of tetrazole rings is 1. The molecule has 2 aromatic heterocycles. The highest BCUT2D eigenvalue weighted by Gasteiger charge is 2.14. The molecule has 0 atom stereocenters. The van der Waals surface area contributed by atoms with Gasteiger partial charge >= 0.3 is 0 Å². The molecule has 2 heterocycles. The van der Waals surface area contributed by atoms with Gasteiger partial charge in [-0.05, 0) is 46.8 Å². The Morgan fingerprint density at radius 1 is 1.19 bits per heavy atom. The van der Waals surface area contributed by atoms with Crippen molar-refractivity contribution >= 4 is 51.4 Å². The molecule has 156 valence electrons. The molecule has 0 aliphatic carbocycles. The summed E-state index contributed by atoms with van der Waals surface area (Å²) in [7, 11) is 0. The zero-order valence-electron chi connectivity index (χ0n) is 15.5. The fourth-order valence-corrected chi connectivity index (χ4v) is 4.07. The molecule has 0 bridgehead atoms. The molecule has 1 N–H and O–H groups in total. The number of nitro benzene ring substituents is 1. The maximum Gasteiger partial charge on any atom is 0.269 e. The third-order valence-corrected chi connectivity index (χ3v) is 5.90. The van der Waals surface area contributed by atoms with Crippen LogP contribution in [-0.2, 0) is 4.79 Å². The van der Waals surface area contributed by atoms with E-state index in [1.165, 1.54) is 39.9 Å². The number of hydrogen-bond acceptors (Lipinski definition) is 9. The molecule has 13 heteroatoms. The number of non-ortho nitro benzene ring substituents is 1. The molecular formula is C18H12ClN7O3S2. The van der Waals surface area contributed by atoms with Crippen molar-refractivity contribution in [2.75, 3.05) is 11.1 Å². The number of benzene rings is 2. The first-order valence-electron chi connectivity index (χ1n) is 8.67. The third-order valence-electron chi connectivity index (χ3n) is 3.97. The average Bonchev–Trinajstić information content (AvgIpc) is 3.42. The first kappa shape index (κ1) is 20.9. The summed E-state index contributed by atoms with van der Waals surface area (Å²) in [6.45, 7) is 0. The molecule has 0 saturated heterocycles. The topological polar surface area (TPSA) is 129 Å². The number of hydrogen-bond donors (Lipinski definition) is 1. The van der Waals surface area contributed by atoms with Gasteiger partial charge in [0.2, 0.25) is 11.1 Å². The molecule has 4 aromatic rings. The van der Waals surface area contributed by atoms with E-state index in [0.29, 0.717) is 21.0 Å². The molecule has 0 spiro atoms. The summed E-state index contributed by atoms with van der Waals surface area (Å²) >= 11 is 8.35. The van der Waals surface area contributed by atoms with E-state index in [9.17, 15) is 14.9 Å². The Morgan fingerprint density at radius 2 is 1.94 bits per heavy atom. The molecule has 0 unspecified atom stereocenters. The van der Waals surface area contributed by atoms with Crippen LogP contribution in [0.2, 0.25) is 5.02 Å². The zero-order valence-corrected chi connectivity index (χ0v) is 17.9. The smallest absolute Gasteiger partial charge is 0.269 e. The van der Waals surface area contributed by atoms with Gasteiger partial charge in [0.05, 0.1) is 22.1 Å². The quantitative estimate of drug-likeness (QED) is 0.241. The Hall–Kier alpha value is -3.35. The summed E-state index contributed by atoms with van der Waals surface area (Å²) in [5, 5.41) is 28.3. The third kappa shape index (κ3) is 5.05. The van der Waals surface area contributed by atoms with Crippen molar-refractivity contribution in [3.05, 3.63) is 69.0 Å². The number of nitro groups is 1. The van der Waals surface area contributed by atoms with Gasteiger partial charge in [-0.3, -0.25) is 14.9 Å². The van der Waals surface area contributed by atoms with Crippen LogP contribution in [0.15, 0.2) is 59.1 Å². The van der Waals surface area contributed by atoms with Crippen LogP contribution in [0, 0.1) is 10.1 Å². The van der Waals surface area contributed by atoms with Gasteiger partial charge in [-0.2, -0.15) is 4.68 Å². The molecule has 10 nitrogen and oxygen atoms in total. The maximum atomic E-state index is 12.3. The average molecular weight is 474 g/mol. The van der Waals surface area contributed by atoms with E-state index in [4.69, 9.17) is 11.6 Å². The second-order valence-corrected chi connectivity index (χ2v) is 8.27. The minimum atomic E-state index is -0.461. The second-order valence-electron chi connectivity index (χ2n) is 6.03. The van der Waals surface area contributed by atoms with Crippen molar-refractivity contribution in [1.29, 1.82) is 0 Å². The van der Waals surface area contributed by atoms with Crippen molar-refractivity contribution in [2.24, 2.45) is 0 Å². The number of nitrogens with one attached hydrogen (secondary N) is 1. The Bertz CT molecular complexity index is 1230. The summed E-state index contributed by atoms with van der Waals surface area (Å²) in [5.74, 6) is -0.180. The molecule has 0 fully saturated rings. The van der Waals surface area contributed by atoms with Crippen molar-refractivity contribution in [3.8, 4) is 16.9 Å². The molecule has 0 saturated carbocycles. The van der Waals surface area contributed by atoms with Gasteiger partial charge < -0.3 is 5.32 Å². The summed E-state index contributed by atoms with van der Waals surface area (Å²) in [4.78, 5) is 27.0. The van der Waals surface area contributed by atoms with E-state index in [1.54, 1.807) is 41.8 Å². The van der Waals surface area contributed by atoms with E-state index >= 15 is 0 Å². The predicted molar refractivity (Wildman–Crippen MR) is 118 cm³/mol. The normalized spacial score (nSPS) is 10.7. The summed E-state index contributed by atoms with van der Waals surface area (Å²) in [6, 6.07) is 13.1. The largest absolute Gasteiger partial charge is 0.301 e. The minimum absolute atomic E-state index is 0.00507. The fourth-order valence-electron chi connectivity index (χ4n) is 2.52. The van der Waals surface area contributed by atoms with Gasteiger partial charge in [0.15, 0.2) is 5.13 Å². The number of amides is 1. The van der Waals surface area contributed by atoms with E-state index in [1.807, 2.05) is 0 Å². The van der Waals surface area contributed by atoms with Crippen LogP contribution in [0.3, 0.4) is 0 Å². The number of carbonyl (C=O) groups excluding carboxylic acids is 1. The molecule has 0 radical (unpaired) electrons. The number of thiazole rings is 1. The highest BCUT2D eigenvalue weighted by molar-refractivity contribution is 7.99. The lowest BCUT2D eigenvalue weighted by atomic mass is 10.1. The van der Waals surface area contributed by atoms with Gasteiger partial charge in [-0.15, -0.1) is 16.4 Å². The molecule has 2 aromatic carbocycles. The van der Waals surface area contributed by atoms with Crippen LogP contribution in [-0.4, -0.2) is 41.8 Å². The number of thioether (sulfide) groups is 1. The van der Waals surface area contributed by atoms with Crippen LogP contribution in [0.25, 0.3) is 16.9 Å². The maximum absolute atomic E-state index is 12.3. The van der Waals surface area contributed by atoms with Gasteiger partial charge in [0.1, 0.15) is 0 Å². The van der Waals surface area contributed by atoms with Crippen LogP contribution in [0.5, 0.6) is 0 Å². The van der Waals surface area contributed by atoms with Gasteiger partial charge in [0.25, 0.3) is 5.69 Å². The number of halogens is 1. The number of carbonyl (C=O) groups is 1. The van der Waals surface area contributed by atoms with Crippen molar-refractivity contribution in [1.82, 2.24) is 25.2 Å². The lowest BCUT2D eigenvalue weighted by Crippen LogP contribution is -2.14. The summed E-state index contributed by atoms with van der Waals surface area (Å²) in [6.07, 6.45) is 0. The molecular weight excluding hydrogens is 462 g/mol. The molecule has 4 rings (SSSR count). The number of nitrogens with zero attached hydrogens (tertiary/aromatic N) is 6.